The number of para-hydroxylation sites is 1. The molecule has 0 aliphatic carbocycles. The molecule has 3 rings (SSSR count). The molecule has 110 valence electrons. The largest absolute Gasteiger partial charge is 0.497 e. The second kappa shape index (κ2) is 6.31. The molecule has 0 N–H and O–H groups in total. The Morgan fingerprint density at radius 3 is 2.55 bits per heavy atom. The van der Waals surface area contributed by atoms with Crippen LogP contribution in [0.4, 0.5) is 0 Å². The van der Waals surface area contributed by atoms with Gasteiger partial charge in [-0.05, 0) is 42.5 Å². The Hall–Kier alpha value is -2.81. The third-order valence-electron chi connectivity index (χ3n) is 3.49. The predicted octanol–water partition coefficient (Wildman–Crippen LogP) is 4.42. The van der Waals surface area contributed by atoms with Crippen LogP contribution in [-0.2, 0) is 0 Å². The molecule has 0 unspecified atom stereocenters. The van der Waals surface area contributed by atoms with Crippen molar-refractivity contribution in [3.05, 3.63) is 65.9 Å². The van der Waals surface area contributed by atoms with Crippen molar-refractivity contribution in [3.8, 4) is 11.5 Å². The maximum atomic E-state index is 5.38. The summed E-state index contributed by atoms with van der Waals surface area (Å²) in [7, 11) is 3.31. The molecule has 1 aromatic heterocycles. The number of methoxy groups -OCH3 is 2. The number of ether oxygens (including phenoxy) is 2. The van der Waals surface area contributed by atoms with Crippen LogP contribution in [0.1, 0.15) is 11.3 Å². The molecule has 3 heteroatoms. The highest BCUT2D eigenvalue weighted by molar-refractivity contribution is 5.81. The maximum Gasteiger partial charge on any atom is 0.126 e. The van der Waals surface area contributed by atoms with E-state index in [1.807, 2.05) is 54.6 Å². The van der Waals surface area contributed by atoms with E-state index < -0.39 is 0 Å². The fourth-order valence-electron chi connectivity index (χ4n) is 2.32. The van der Waals surface area contributed by atoms with Crippen LogP contribution in [0.2, 0.25) is 0 Å². The summed E-state index contributed by atoms with van der Waals surface area (Å²) in [5.41, 5.74) is 2.85. The summed E-state index contributed by atoms with van der Waals surface area (Å²) in [5, 5.41) is 1.14. The van der Waals surface area contributed by atoms with E-state index in [2.05, 4.69) is 17.1 Å². The van der Waals surface area contributed by atoms with Crippen LogP contribution in [-0.4, -0.2) is 19.2 Å². The van der Waals surface area contributed by atoms with Crippen LogP contribution in [0.3, 0.4) is 0 Å². The summed E-state index contributed by atoms with van der Waals surface area (Å²) in [5.74, 6) is 1.60. The average molecular weight is 291 g/mol. The van der Waals surface area contributed by atoms with Gasteiger partial charge in [0.15, 0.2) is 0 Å². The molecule has 3 aromatic rings. The van der Waals surface area contributed by atoms with Gasteiger partial charge in [0.1, 0.15) is 11.5 Å². The Bertz CT molecular complexity index is 825. The Morgan fingerprint density at radius 2 is 1.73 bits per heavy atom. The highest BCUT2D eigenvalue weighted by Gasteiger charge is 2.02. The average Bonchev–Trinajstić information content (AvgIpc) is 2.59. The third-order valence-corrected chi connectivity index (χ3v) is 3.49. The summed E-state index contributed by atoms with van der Waals surface area (Å²) in [6.45, 7) is 0. The van der Waals surface area contributed by atoms with Crippen molar-refractivity contribution >= 4 is 23.1 Å². The van der Waals surface area contributed by atoms with Crippen LogP contribution in [0.15, 0.2) is 54.6 Å². The quantitative estimate of drug-likeness (QED) is 0.713. The lowest BCUT2D eigenvalue weighted by Gasteiger charge is -2.07. The Balaban J connectivity index is 1.95. The van der Waals surface area contributed by atoms with Crippen LogP contribution < -0.4 is 9.47 Å². The third kappa shape index (κ3) is 2.93. The lowest BCUT2D eigenvalue weighted by Crippen LogP contribution is -1.89. The molecular formula is C19H17NO2. The SMILES string of the molecule is COc1ccc(OC)c(/C=C\c2ccc3ccccc3n2)c1. The number of pyridine rings is 1. The van der Waals surface area contributed by atoms with E-state index in [1.165, 1.54) is 0 Å². The zero-order chi connectivity index (χ0) is 15.4. The summed E-state index contributed by atoms with van der Waals surface area (Å²) in [6, 6.07) is 17.9. The summed E-state index contributed by atoms with van der Waals surface area (Å²) in [4.78, 5) is 4.63. The summed E-state index contributed by atoms with van der Waals surface area (Å²) >= 11 is 0. The molecule has 0 spiro atoms. The van der Waals surface area contributed by atoms with Gasteiger partial charge in [0.2, 0.25) is 0 Å². The lowest BCUT2D eigenvalue weighted by molar-refractivity contribution is 0.402. The monoisotopic (exact) mass is 291 g/mol. The van der Waals surface area contributed by atoms with E-state index in [0.717, 1.165) is 33.7 Å². The summed E-state index contributed by atoms with van der Waals surface area (Å²) in [6.07, 6.45) is 3.96. The van der Waals surface area contributed by atoms with Gasteiger partial charge in [-0.3, -0.25) is 0 Å². The number of rotatable bonds is 4. The lowest BCUT2D eigenvalue weighted by atomic mass is 10.1. The molecule has 0 aliphatic heterocycles. The Labute approximate surface area is 129 Å². The van der Waals surface area contributed by atoms with Crippen molar-refractivity contribution in [1.82, 2.24) is 4.98 Å². The van der Waals surface area contributed by atoms with E-state index in [-0.39, 0.29) is 0 Å². The molecule has 0 saturated carbocycles. The number of hydrogen-bond donors (Lipinski definition) is 0. The van der Waals surface area contributed by atoms with E-state index >= 15 is 0 Å². The standard InChI is InChI=1S/C19H17NO2/c1-21-17-11-12-19(22-2)15(13-17)8-10-16-9-7-14-5-3-4-6-18(14)20-16/h3-13H,1-2H3/b10-8-. The molecule has 0 radical (unpaired) electrons. The first kappa shape index (κ1) is 14.1. The second-order valence-electron chi connectivity index (χ2n) is 4.87. The zero-order valence-corrected chi connectivity index (χ0v) is 12.6. The highest BCUT2D eigenvalue weighted by atomic mass is 16.5. The molecule has 2 aromatic carbocycles. The van der Waals surface area contributed by atoms with Crippen LogP contribution >= 0.6 is 0 Å². The molecule has 1 heterocycles. The van der Waals surface area contributed by atoms with Gasteiger partial charge in [0.05, 0.1) is 25.4 Å². The van der Waals surface area contributed by atoms with Crippen molar-refractivity contribution in [2.45, 2.75) is 0 Å². The van der Waals surface area contributed by atoms with E-state index in [4.69, 9.17) is 9.47 Å². The van der Waals surface area contributed by atoms with Crippen molar-refractivity contribution in [2.75, 3.05) is 14.2 Å². The van der Waals surface area contributed by atoms with E-state index in [0.29, 0.717) is 0 Å². The topological polar surface area (TPSA) is 31.4 Å². The van der Waals surface area contributed by atoms with Gasteiger partial charge < -0.3 is 9.47 Å². The van der Waals surface area contributed by atoms with Gasteiger partial charge in [0, 0.05) is 10.9 Å². The first-order chi connectivity index (χ1) is 10.8. The van der Waals surface area contributed by atoms with Crippen molar-refractivity contribution < 1.29 is 9.47 Å². The minimum atomic E-state index is 0.798. The second-order valence-corrected chi connectivity index (χ2v) is 4.87. The number of benzene rings is 2. The first-order valence-electron chi connectivity index (χ1n) is 7.06. The molecule has 22 heavy (non-hydrogen) atoms. The van der Waals surface area contributed by atoms with E-state index in [9.17, 15) is 0 Å². The van der Waals surface area contributed by atoms with Gasteiger partial charge in [0.25, 0.3) is 0 Å². The van der Waals surface area contributed by atoms with E-state index in [1.54, 1.807) is 14.2 Å². The molecule has 0 aliphatic rings. The normalized spacial score (nSPS) is 11.0. The fraction of sp³-hybridized carbons (Fsp3) is 0.105. The number of hydrogen-bond acceptors (Lipinski definition) is 3. The Morgan fingerprint density at radius 1 is 0.864 bits per heavy atom. The zero-order valence-electron chi connectivity index (χ0n) is 12.6. The molecule has 0 atom stereocenters. The van der Waals surface area contributed by atoms with Crippen LogP contribution in [0.5, 0.6) is 11.5 Å². The minimum absolute atomic E-state index is 0.798. The van der Waals surface area contributed by atoms with Gasteiger partial charge >= 0.3 is 0 Å². The number of aromatic nitrogens is 1. The van der Waals surface area contributed by atoms with Gasteiger partial charge in [-0.25, -0.2) is 4.98 Å². The summed E-state index contributed by atoms with van der Waals surface area (Å²) < 4.78 is 10.6. The van der Waals surface area contributed by atoms with Crippen molar-refractivity contribution in [1.29, 1.82) is 0 Å². The highest BCUT2D eigenvalue weighted by Crippen LogP contribution is 2.25. The van der Waals surface area contributed by atoms with Crippen LogP contribution in [0.25, 0.3) is 23.1 Å². The van der Waals surface area contributed by atoms with Crippen LogP contribution in [0, 0.1) is 0 Å². The van der Waals surface area contributed by atoms with Gasteiger partial charge in [-0.2, -0.15) is 0 Å². The minimum Gasteiger partial charge on any atom is -0.497 e. The van der Waals surface area contributed by atoms with Crippen molar-refractivity contribution in [2.24, 2.45) is 0 Å². The smallest absolute Gasteiger partial charge is 0.126 e. The first-order valence-corrected chi connectivity index (χ1v) is 7.06. The number of nitrogens with zero attached hydrogens (tertiary/aromatic N) is 1. The molecule has 0 amide bonds. The van der Waals surface area contributed by atoms with Gasteiger partial charge in [-0.1, -0.05) is 24.3 Å². The molecular weight excluding hydrogens is 274 g/mol. The maximum absolute atomic E-state index is 5.38. The van der Waals surface area contributed by atoms with Crippen molar-refractivity contribution in [3.63, 3.8) is 0 Å². The molecule has 0 fully saturated rings. The molecule has 0 saturated heterocycles. The predicted molar refractivity (Wildman–Crippen MR) is 90.2 cm³/mol. The van der Waals surface area contributed by atoms with Gasteiger partial charge in [-0.15, -0.1) is 0 Å². The Kier molecular flexibility index (Phi) is 4.05. The molecule has 3 nitrogen and oxygen atoms in total. The fourth-order valence-corrected chi connectivity index (χ4v) is 2.32. The number of fused-ring (bicyclic) bond motifs is 1. The molecule has 0 bridgehead atoms.